The molecule has 0 bridgehead atoms. The van der Waals surface area contributed by atoms with Gasteiger partial charge >= 0.3 is 32.4 Å². The number of aliphatic hydroxyl groups excluding tert-OH is 1. The number of hydrogen-bond donors (Lipinski definition) is 7. The third kappa shape index (κ3) is 11.7. The Morgan fingerprint density at radius 3 is 1.56 bits per heavy atom. The average molecular weight is 873 g/mol. The van der Waals surface area contributed by atoms with Gasteiger partial charge in [0.25, 0.3) is 0 Å². The lowest BCUT2D eigenvalue weighted by Gasteiger charge is -2.13. The molecule has 19 nitrogen and oxygen atoms in total. The number of nitrogens with zero attached hydrogens (tertiary/aromatic N) is 2. The fourth-order valence-electron chi connectivity index (χ4n) is 5.43. The summed E-state index contributed by atoms with van der Waals surface area (Å²) in [5.41, 5.74) is 4.58. The lowest BCUT2D eigenvalue weighted by molar-refractivity contribution is 0.186. The van der Waals surface area contributed by atoms with Crippen molar-refractivity contribution in [1.29, 1.82) is 0 Å². The molecule has 0 fully saturated rings. The first-order valence-corrected chi connectivity index (χ1v) is 21.0. The van der Waals surface area contributed by atoms with Crippen LogP contribution >= 0.6 is 0 Å². The van der Waals surface area contributed by atoms with Crippen LogP contribution in [0.15, 0.2) is 125 Å². The van der Waals surface area contributed by atoms with E-state index in [1.54, 1.807) is 43.3 Å². The summed E-state index contributed by atoms with van der Waals surface area (Å²) in [6, 6.07) is 31.1. The number of aliphatic hydroxyl groups is 1. The number of aromatic nitrogens is 4. The van der Waals surface area contributed by atoms with Crippen LogP contribution in [0.25, 0.3) is 22.1 Å². The Morgan fingerprint density at radius 1 is 0.656 bits per heavy atom. The van der Waals surface area contributed by atoms with Gasteiger partial charge in [0.05, 0.1) is 42.9 Å². The first-order chi connectivity index (χ1) is 29.2. The summed E-state index contributed by atoms with van der Waals surface area (Å²) in [5.74, 6) is 0.524. The van der Waals surface area contributed by atoms with E-state index in [-0.39, 0.29) is 45.8 Å². The van der Waals surface area contributed by atoms with E-state index < -0.39 is 32.4 Å². The monoisotopic (exact) mass is 872 g/mol. The minimum absolute atomic E-state index is 0.0162. The number of fused-ring (bicyclic) bond motifs is 2. The number of methoxy groups -OCH3 is 2. The van der Waals surface area contributed by atoms with Gasteiger partial charge in [0.1, 0.15) is 21.3 Å². The Morgan fingerprint density at radius 2 is 1.11 bits per heavy atom. The number of rotatable bonds is 14. The largest absolute Gasteiger partial charge is 0.453 e. The zero-order chi connectivity index (χ0) is 43.6. The van der Waals surface area contributed by atoms with E-state index in [2.05, 4.69) is 50.7 Å². The van der Waals surface area contributed by atoms with Crippen molar-refractivity contribution in [1.82, 2.24) is 19.9 Å². The molecule has 0 aliphatic rings. The molecule has 0 radical (unpaired) electrons. The van der Waals surface area contributed by atoms with E-state index in [1.165, 1.54) is 62.8 Å². The SMILES string of the molecule is COC(=O)Nc1nc2ccc(OS(=O)(=O)c3ccc(NC(C)CO)cc3)cc2[nH]1.COC(=O)Nc1nc2ccc(OS(=O)(=O)c3ccc(NCc4ccccc4)cc3)cc2[nH]1. The molecule has 7 aromatic rings. The number of anilines is 4. The fraction of sp³-hybridized carbons (Fsp3) is 0.150. The highest BCUT2D eigenvalue weighted by Crippen LogP contribution is 2.27. The van der Waals surface area contributed by atoms with Crippen molar-refractivity contribution in [3.63, 3.8) is 0 Å². The summed E-state index contributed by atoms with van der Waals surface area (Å²) in [5, 5.41) is 20.1. The van der Waals surface area contributed by atoms with Crippen LogP contribution in [-0.2, 0) is 36.3 Å². The number of aromatic amines is 2. The van der Waals surface area contributed by atoms with Crippen molar-refractivity contribution >= 4 is 77.8 Å². The Bertz CT molecular complexity index is 2840. The summed E-state index contributed by atoms with van der Waals surface area (Å²) in [6.07, 6.45) is -1.36. The maximum absolute atomic E-state index is 12.7. The number of ether oxygens (including phenoxy) is 2. The van der Waals surface area contributed by atoms with Crippen LogP contribution in [0.1, 0.15) is 12.5 Å². The predicted octanol–water partition coefficient (Wildman–Crippen LogP) is 6.42. The second-order valence-corrected chi connectivity index (χ2v) is 16.0. The number of imidazole rings is 2. The molecule has 1 atom stereocenters. The van der Waals surface area contributed by atoms with Crippen LogP contribution in [0, 0.1) is 0 Å². The summed E-state index contributed by atoms with van der Waals surface area (Å²) in [6.45, 7) is 2.38. The molecule has 7 rings (SSSR count). The number of hydrogen-bond acceptors (Lipinski definition) is 15. The summed E-state index contributed by atoms with van der Waals surface area (Å²) in [4.78, 5) is 36.6. The van der Waals surface area contributed by atoms with E-state index in [9.17, 15) is 26.4 Å². The van der Waals surface area contributed by atoms with E-state index in [4.69, 9.17) is 13.5 Å². The number of amides is 2. The topological polar surface area (TPSA) is 265 Å². The molecule has 5 aromatic carbocycles. The highest BCUT2D eigenvalue weighted by Gasteiger charge is 2.19. The van der Waals surface area contributed by atoms with E-state index in [1.807, 2.05) is 30.3 Å². The lowest BCUT2D eigenvalue weighted by Crippen LogP contribution is -2.19. The van der Waals surface area contributed by atoms with Crippen molar-refractivity contribution in [2.24, 2.45) is 0 Å². The maximum Gasteiger partial charge on any atom is 0.413 e. The maximum atomic E-state index is 12.7. The highest BCUT2D eigenvalue weighted by molar-refractivity contribution is 7.87. The second kappa shape index (κ2) is 19.1. The van der Waals surface area contributed by atoms with Gasteiger partial charge in [-0.05, 0) is 85.3 Å². The number of carbonyl (C=O) groups is 2. The molecule has 0 saturated carbocycles. The number of nitrogens with one attached hydrogen (secondary N) is 6. The van der Waals surface area contributed by atoms with Gasteiger partial charge in [-0.25, -0.2) is 19.6 Å². The van der Waals surface area contributed by atoms with E-state index in [0.717, 1.165) is 11.3 Å². The zero-order valence-corrected chi connectivity index (χ0v) is 34.3. The van der Waals surface area contributed by atoms with Crippen molar-refractivity contribution in [3.05, 3.63) is 121 Å². The second-order valence-electron chi connectivity index (χ2n) is 13.0. The Hall–Kier alpha value is -7.36. The molecule has 2 aromatic heterocycles. The Balaban J connectivity index is 0.000000205. The van der Waals surface area contributed by atoms with Crippen LogP contribution in [0.3, 0.4) is 0 Å². The first-order valence-electron chi connectivity index (χ1n) is 18.2. The third-order valence-electron chi connectivity index (χ3n) is 8.44. The number of carbonyl (C=O) groups excluding carboxylic acids is 2. The van der Waals surface area contributed by atoms with Crippen LogP contribution < -0.4 is 29.6 Å². The van der Waals surface area contributed by atoms with Gasteiger partial charge in [-0.2, -0.15) is 16.8 Å². The Kier molecular flexibility index (Phi) is 13.6. The molecule has 21 heteroatoms. The predicted molar refractivity (Wildman–Crippen MR) is 227 cm³/mol. The normalized spacial score (nSPS) is 11.7. The van der Waals surface area contributed by atoms with Crippen molar-refractivity contribution < 1.29 is 49.4 Å². The fourth-order valence-corrected chi connectivity index (χ4v) is 7.28. The minimum atomic E-state index is -4.05. The van der Waals surface area contributed by atoms with Crippen molar-refractivity contribution in [3.8, 4) is 11.5 Å². The minimum Gasteiger partial charge on any atom is -0.453 e. The van der Waals surface area contributed by atoms with Gasteiger partial charge in [0.2, 0.25) is 11.9 Å². The number of benzene rings is 5. The van der Waals surface area contributed by atoms with Crippen LogP contribution in [-0.4, -0.2) is 80.9 Å². The highest BCUT2D eigenvalue weighted by atomic mass is 32.2. The van der Waals surface area contributed by atoms with Crippen LogP contribution in [0.2, 0.25) is 0 Å². The molecule has 0 spiro atoms. The third-order valence-corrected chi connectivity index (χ3v) is 11.0. The quantitative estimate of drug-likeness (QED) is 0.0581. The van der Waals surface area contributed by atoms with Gasteiger partial charge < -0.3 is 43.5 Å². The van der Waals surface area contributed by atoms with E-state index in [0.29, 0.717) is 34.3 Å². The van der Waals surface area contributed by atoms with Crippen LogP contribution in [0.4, 0.5) is 32.9 Å². The molecule has 0 aliphatic carbocycles. The van der Waals surface area contributed by atoms with Gasteiger partial charge in [-0.15, -0.1) is 0 Å². The van der Waals surface area contributed by atoms with Crippen molar-refractivity contribution in [2.45, 2.75) is 29.3 Å². The molecule has 61 heavy (non-hydrogen) atoms. The van der Waals surface area contributed by atoms with Crippen molar-refractivity contribution in [2.75, 3.05) is 42.1 Å². The molecule has 318 valence electrons. The standard InChI is InChI=1S/C22H20N4O5S.C18H20N4O6S/c1-30-22(27)26-21-24-19-12-9-17(13-20(19)25-21)31-32(28,29)18-10-7-16(8-11-18)23-14-15-5-3-2-4-6-15;1-11(10-23)19-12-3-6-14(7-4-12)29(25,26)28-13-5-8-15-16(9-13)21-17(20-15)22-18(24)27-2/h2-13,23H,14H2,1H3,(H2,24,25,26,27);3-9,11,19,23H,10H2,1-2H3,(H2,20,21,22,24). The number of H-pyrrole nitrogens is 2. The van der Waals surface area contributed by atoms with Gasteiger partial charge in [-0.1, -0.05) is 30.3 Å². The average Bonchev–Trinajstić information content (AvgIpc) is 3.85. The summed E-state index contributed by atoms with van der Waals surface area (Å²) < 4.78 is 69.9. The van der Waals surface area contributed by atoms with Crippen LogP contribution in [0.5, 0.6) is 11.5 Å². The molecule has 1 unspecified atom stereocenters. The molecular weight excluding hydrogens is 833 g/mol. The molecule has 0 saturated heterocycles. The first kappa shape index (κ1) is 43.2. The molecule has 2 amide bonds. The molecule has 0 aliphatic heterocycles. The van der Waals surface area contributed by atoms with Gasteiger partial charge in [0, 0.05) is 36.1 Å². The summed E-state index contributed by atoms with van der Waals surface area (Å²) in [7, 11) is -5.62. The van der Waals surface area contributed by atoms with Gasteiger partial charge in [0.15, 0.2) is 0 Å². The smallest absolute Gasteiger partial charge is 0.413 e. The summed E-state index contributed by atoms with van der Waals surface area (Å²) >= 11 is 0. The van der Waals surface area contributed by atoms with Gasteiger partial charge in [-0.3, -0.25) is 10.6 Å². The Labute approximate surface area is 349 Å². The lowest BCUT2D eigenvalue weighted by atomic mass is 10.2. The molecule has 7 N–H and O–H groups in total. The van der Waals surface area contributed by atoms with E-state index >= 15 is 0 Å². The zero-order valence-electron chi connectivity index (χ0n) is 32.7. The molecular formula is C40H40N8O11S2. The molecule has 2 heterocycles.